The van der Waals surface area contributed by atoms with Crippen LogP contribution in [0.25, 0.3) is 6.08 Å². The third-order valence-electron chi connectivity index (χ3n) is 3.48. The van der Waals surface area contributed by atoms with Crippen LogP contribution in [0.2, 0.25) is 0 Å². The Morgan fingerprint density at radius 3 is 2.56 bits per heavy atom. The summed E-state index contributed by atoms with van der Waals surface area (Å²) in [5.41, 5.74) is 1.98. The van der Waals surface area contributed by atoms with E-state index >= 15 is 0 Å². The van der Waals surface area contributed by atoms with E-state index in [1.807, 2.05) is 26.0 Å². The summed E-state index contributed by atoms with van der Waals surface area (Å²) in [6, 6.07) is 11.3. The third kappa shape index (κ3) is 5.31. The van der Waals surface area contributed by atoms with Gasteiger partial charge in [0.1, 0.15) is 12.4 Å². The minimum atomic E-state index is -0.530. The van der Waals surface area contributed by atoms with Crippen molar-refractivity contribution in [2.24, 2.45) is 0 Å². The Labute approximate surface area is 147 Å². The number of ether oxygens (including phenoxy) is 2. The molecule has 2 rings (SSSR count). The summed E-state index contributed by atoms with van der Waals surface area (Å²) in [4.78, 5) is 12.1. The Balaban J connectivity index is 2.13. The zero-order valence-electron chi connectivity index (χ0n) is 14.6. The maximum Gasteiger partial charge on any atom is 0.188 e. The number of methoxy groups -OCH3 is 1. The molecule has 4 heteroatoms. The second-order valence-electron chi connectivity index (χ2n) is 5.68. The molecule has 0 fully saturated rings. The van der Waals surface area contributed by atoms with Gasteiger partial charge in [-0.05, 0) is 55.8 Å². The first kappa shape index (κ1) is 18.5. The minimum Gasteiger partial charge on any atom is -0.493 e. The van der Waals surface area contributed by atoms with Crippen molar-refractivity contribution in [2.45, 2.75) is 13.8 Å². The van der Waals surface area contributed by atoms with Gasteiger partial charge in [0.25, 0.3) is 0 Å². The molecule has 0 saturated carbocycles. The highest BCUT2D eigenvalue weighted by molar-refractivity contribution is 6.07. The fourth-order valence-electron chi connectivity index (χ4n) is 2.13. The van der Waals surface area contributed by atoms with E-state index in [0.29, 0.717) is 18.1 Å². The topological polar surface area (TPSA) is 35.5 Å². The lowest BCUT2D eigenvalue weighted by atomic mass is 10.1. The van der Waals surface area contributed by atoms with Gasteiger partial charge in [-0.3, -0.25) is 4.79 Å². The molecular formula is C21H21FO3. The zero-order valence-corrected chi connectivity index (χ0v) is 14.6. The van der Waals surface area contributed by atoms with Crippen LogP contribution in [0.15, 0.2) is 60.2 Å². The molecule has 0 unspecified atom stereocenters. The van der Waals surface area contributed by atoms with Crippen molar-refractivity contribution in [1.82, 2.24) is 0 Å². The van der Waals surface area contributed by atoms with Gasteiger partial charge in [-0.2, -0.15) is 0 Å². The molecule has 0 aliphatic rings. The Hall–Kier alpha value is -2.88. The van der Waals surface area contributed by atoms with E-state index in [2.05, 4.69) is 0 Å². The van der Waals surface area contributed by atoms with E-state index < -0.39 is 5.82 Å². The smallest absolute Gasteiger partial charge is 0.188 e. The highest BCUT2D eigenvalue weighted by atomic mass is 19.1. The monoisotopic (exact) mass is 340 g/mol. The Morgan fingerprint density at radius 2 is 1.88 bits per heavy atom. The maximum atomic E-state index is 13.6. The van der Waals surface area contributed by atoms with Crippen LogP contribution in [-0.4, -0.2) is 19.5 Å². The molecule has 0 saturated heterocycles. The Morgan fingerprint density at radius 1 is 1.12 bits per heavy atom. The third-order valence-corrected chi connectivity index (χ3v) is 3.48. The predicted octanol–water partition coefficient (Wildman–Crippen LogP) is 5.08. The van der Waals surface area contributed by atoms with E-state index in [4.69, 9.17) is 9.47 Å². The van der Waals surface area contributed by atoms with Gasteiger partial charge in [-0.1, -0.05) is 29.8 Å². The number of hydrogen-bond donors (Lipinski definition) is 0. The Bertz CT molecular complexity index is 803. The van der Waals surface area contributed by atoms with Gasteiger partial charge >= 0.3 is 0 Å². The predicted molar refractivity (Wildman–Crippen MR) is 97.7 cm³/mol. The molecular weight excluding hydrogens is 319 g/mol. The first-order valence-corrected chi connectivity index (χ1v) is 7.92. The van der Waals surface area contributed by atoms with Crippen molar-refractivity contribution in [2.75, 3.05) is 13.7 Å². The van der Waals surface area contributed by atoms with Crippen molar-refractivity contribution in [1.29, 1.82) is 0 Å². The van der Waals surface area contributed by atoms with Crippen molar-refractivity contribution in [3.63, 3.8) is 0 Å². The molecule has 0 spiro atoms. The SMILES string of the molecule is COc1cc(/C=C/C(=O)c2ccccc2F)ccc1OCC=C(C)C. The molecule has 0 aliphatic heterocycles. The lowest BCUT2D eigenvalue weighted by Gasteiger charge is -2.10. The molecule has 130 valence electrons. The highest BCUT2D eigenvalue weighted by Gasteiger charge is 2.08. The summed E-state index contributed by atoms with van der Waals surface area (Å²) in [5.74, 6) is 0.277. The number of ketones is 1. The van der Waals surface area contributed by atoms with Crippen LogP contribution in [-0.2, 0) is 0 Å². The number of allylic oxidation sites excluding steroid dienone is 2. The van der Waals surface area contributed by atoms with E-state index in [-0.39, 0.29) is 11.3 Å². The lowest BCUT2D eigenvalue weighted by Crippen LogP contribution is -1.98. The molecule has 0 radical (unpaired) electrons. The number of hydrogen-bond acceptors (Lipinski definition) is 3. The first-order chi connectivity index (χ1) is 12.0. The van der Waals surface area contributed by atoms with Crippen LogP contribution < -0.4 is 9.47 Å². The maximum absolute atomic E-state index is 13.6. The highest BCUT2D eigenvalue weighted by Crippen LogP contribution is 2.28. The number of benzene rings is 2. The lowest BCUT2D eigenvalue weighted by molar-refractivity contribution is 0.104. The summed E-state index contributed by atoms with van der Waals surface area (Å²) in [6.45, 7) is 4.46. The first-order valence-electron chi connectivity index (χ1n) is 7.92. The molecule has 0 atom stereocenters. The normalized spacial score (nSPS) is 10.6. The average Bonchev–Trinajstić information content (AvgIpc) is 2.60. The van der Waals surface area contributed by atoms with Gasteiger partial charge in [0.2, 0.25) is 0 Å². The molecule has 2 aromatic rings. The fraction of sp³-hybridized carbons (Fsp3) is 0.190. The van der Waals surface area contributed by atoms with Crippen LogP contribution in [0.5, 0.6) is 11.5 Å². The van der Waals surface area contributed by atoms with E-state index in [0.717, 1.165) is 5.56 Å². The van der Waals surface area contributed by atoms with Gasteiger partial charge in [-0.25, -0.2) is 4.39 Å². The molecule has 2 aromatic carbocycles. The molecule has 3 nitrogen and oxygen atoms in total. The standard InChI is InChI=1S/C21H21FO3/c1-15(2)12-13-25-20-11-9-16(14-21(20)24-3)8-10-19(23)17-6-4-5-7-18(17)22/h4-12,14H,13H2,1-3H3/b10-8+. The quantitative estimate of drug-likeness (QED) is 0.401. The summed E-state index contributed by atoms with van der Waals surface area (Å²) < 4.78 is 24.6. The molecule has 0 amide bonds. The summed E-state index contributed by atoms with van der Waals surface area (Å²) in [7, 11) is 1.56. The minimum absolute atomic E-state index is 0.0485. The van der Waals surface area contributed by atoms with Crippen molar-refractivity contribution < 1.29 is 18.7 Å². The number of carbonyl (C=O) groups is 1. The van der Waals surface area contributed by atoms with Gasteiger partial charge in [0, 0.05) is 0 Å². The van der Waals surface area contributed by atoms with Crippen LogP contribution in [0.3, 0.4) is 0 Å². The molecule has 0 aromatic heterocycles. The van der Waals surface area contributed by atoms with E-state index in [1.54, 1.807) is 37.5 Å². The van der Waals surface area contributed by atoms with Crippen LogP contribution in [0.4, 0.5) is 4.39 Å². The van der Waals surface area contributed by atoms with Crippen LogP contribution in [0, 0.1) is 5.82 Å². The van der Waals surface area contributed by atoms with Crippen molar-refractivity contribution in [3.05, 3.63) is 77.1 Å². The van der Waals surface area contributed by atoms with Gasteiger partial charge in [0.05, 0.1) is 12.7 Å². The van der Waals surface area contributed by atoms with Gasteiger partial charge in [0.15, 0.2) is 17.3 Å². The second-order valence-corrected chi connectivity index (χ2v) is 5.68. The largest absolute Gasteiger partial charge is 0.493 e. The Kier molecular flexibility index (Phi) is 6.52. The number of rotatable bonds is 7. The average molecular weight is 340 g/mol. The van der Waals surface area contributed by atoms with Crippen molar-refractivity contribution in [3.8, 4) is 11.5 Å². The van der Waals surface area contributed by atoms with Crippen molar-refractivity contribution >= 4 is 11.9 Å². The summed E-state index contributed by atoms with van der Waals surface area (Å²) in [6.07, 6.45) is 4.94. The second kappa shape index (κ2) is 8.83. The summed E-state index contributed by atoms with van der Waals surface area (Å²) >= 11 is 0. The molecule has 0 N–H and O–H groups in total. The van der Waals surface area contributed by atoms with Crippen LogP contribution >= 0.6 is 0 Å². The van der Waals surface area contributed by atoms with E-state index in [1.165, 1.54) is 23.8 Å². The number of halogens is 1. The fourth-order valence-corrected chi connectivity index (χ4v) is 2.13. The van der Waals surface area contributed by atoms with Gasteiger partial charge in [-0.15, -0.1) is 0 Å². The zero-order chi connectivity index (χ0) is 18.2. The summed E-state index contributed by atoms with van der Waals surface area (Å²) in [5, 5.41) is 0. The van der Waals surface area contributed by atoms with Crippen LogP contribution in [0.1, 0.15) is 29.8 Å². The molecule has 25 heavy (non-hydrogen) atoms. The van der Waals surface area contributed by atoms with Gasteiger partial charge < -0.3 is 9.47 Å². The molecule has 0 bridgehead atoms. The molecule has 0 aliphatic carbocycles. The van der Waals surface area contributed by atoms with E-state index in [9.17, 15) is 9.18 Å². The number of carbonyl (C=O) groups excluding carboxylic acids is 1. The molecule has 0 heterocycles.